The molecule has 0 spiro atoms. The molecule has 1 aliphatic carbocycles. The van der Waals surface area contributed by atoms with E-state index in [1.807, 2.05) is 0 Å². The van der Waals surface area contributed by atoms with Gasteiger partial charge in [0.25, 0.3) is 0 Å². The summed E-state index contributed by atoms with van der Waals surface area (Å²) in [5.74, 6) is -0.376. The van der Waals surface area contributed by atoms with Crippen LogP contribution < -0.4 is 10.6 Å². The summed E-state index contributed by atoms with van der Waals surface area (Å²) in [4.78, 5) is 22.7. The molecule has 0 heterocycles. The molecule has 0 aromatic heterocycles. The SMILES string of the molecule is CCOC(=O)[C@@H]1CCC[C@@H]1NC(=O)NC. The lowest BCUT2D eigenvalue weighted by molar-refractivity contribution is -0.148. The Balaban J connectivity index is 2.49. The topological polar surface area (TPSA) is 67.4 Å². The minimum atomic E-state index is -0.240. The number of carbonyl (C=O) groups excluding carboxylic acids is 2. The van der Waals surface area contributed by atoms with Gasteiger partial charge in [-0.05, 0) is 19.8 Å². The van der Waals surface area contributed by atoms with Crippen LogP contribution in [0.2, 0.25) is 0 Å². The third-order valence-corrected chi connectivity index (χ3v) is 2.65. The zero-order chi connectivity index (χ0) is 11.3. The number of carbonyl (C=O) groups is 2. The molecule has 86 valence electrons. The molecule has 0 aromatic rings. The first-order chi connectivity index (χ1) is 7.19. The molecule has 1 fully saturated rings. The summed E-state index contributed by atoms with van der Waals surface area (Å²) in [6.45, 7) is 2.18. The maximum Gasteiger partial charge on any atom is 0.314 e. The average molecular weight is 214 g/mol. The summed E-state index contributed by atoms with van der Waals surface area (Å²) < 4.78 is 4.96. The number of hydrogen-bond donors (Lipinski definition) is 2. The molecule has 2 atom stereocenters. The molecule has 0 unspecified atom stereocenters. The smallest absolute Gasteiger partial charge is 0.314 e. The number of urea groups is 1. The van der Waals surface area contributed by atoms with Crippen molar-refractivity contribution < 1.29 is 14.3 Å². The van der Waals surface area contributed by atoms with Gasteiger partial charge in [0, 0.05) is 13.1 Å². The van der Waals surface area contributed by atoms with Crippen molar-refractivity contribution in [2.45, 2.75) is 32.2 Å². The van der Waals surface area contributed by atoms with Crippen LogP contribution in [-0.2, 0) is 9.53 Å². The first-order valence-electron chi connectivity index (χ1n) is 5.34. The van der Waals surface area contributed by atoms with Gasteiger partial charge in [-0.1, -0.05) is 6.42 Å². The number of esters is 1. The van der Waals surface area contributed by atoms with Crippen LogP contribution in [0.25, 0.3) is 0 Å². The molecule has 1 saturated carbocycles. The van der Waals surface area contributed by atoms with Gasteiger partial charge in [0.1, 0.15) is 0 Å². The fourth-order valence-electron chi connectivity index (χ4n) is 1.90. The van der Waals surface area contributed by atoms with Gasteiger partial charge in [-0.15, -0.1) is 0 Å². The van der Waals surface area contributed by atoms with Crippen molar-refractivity contribution >= 4 is 12.0 Å². The molecule has 5 nitrogen and oxygen atoms in total. The Morgan fingerprint density at radius 3 is 2.73 bits per heavy atom. The molecule has 0 radical (unpaired) electrons. The third-order valence-electron chi connectivity index (χ3n) is 2.65. The Morgan fingerprint density at radius 2 is 2.13 bits per heavy atom. The van der Waals surface area contributed by atoms with Gasteiger partial charge in [-0.2, -0.15) is 0 Å². The zero-order valence-electron chi connectivity index (χ0n) is 9.21. The van der Waals surface area contributed by atoms with E-state index in [1.54, 1.807) is 14.0 Å². The van der Waals surface area contributed by atoms with E-state index in [1.165, 1.54) is 0 Å². The van der Waals surface area contributed by atoms with E-state index in [0.29, 0.717) is 6.61 Å². The van der Waals surface area contributed by atoms with Crippen molar-refractivity contribution in [2.75, 3.05) is 13.7 Å². The van der Waals surface area contributed by atoms with E-state index in [9.17, 15) is 9.59 Å². The van der Waals surface area contributed by atoms with E-state index < -0.39 is 0 Å². The highest BCUT2D eigenvalue weighted by Gasteiger charge is 2.34. The van der Waals surface area contributed by atoms with Gasteiger partial charge in [0.05, 0.1) is 12.5 Å². The molecular formula is C10H18N2O3. The number of ether oxygens (including phenoxy) is 1. The first-order valence-corrected chi connectivity index (χ1v) is 5.34. The van der Waals surface area contributed by atoms with Crippen molar-refractivity contribution in [3.8, 4) is 0 Å². The summed E-state index contributed by atoms with van der Waals surface area (Å²) >= 11 is 0. The Kier molecular flexibility index (Phi) is 4.39. The molecule has 15 heavy (non-hydrogen) atoms. The van der Waals surface area contributed by atoms with Crippen LogP contribution in [0.5, 0.6) is 0 Å². The predicted octanol–water partition coefficient (Wildman–Crippen LogP) is 0.647. The monoisotopic (exact) mass is 214 g/mol. The van der Waals surface area contributed by atoms with Crippen molar-refractivity contribution in [3.63, 3.8) is 0 Å². The van der Waals surface area contributed by atoms with E-state index in [0.717, 1.165) is 19.3 Å². The van der Waals surface area contributed by atoms with Gasteiger partial charge < -0.3 is 15.4 Å². The van der Waals surface area contributed by atoms with Crippen molar-refractivity contribution in [1.82, 2.24) is 10.6 Å². The van der Waals surface area contributed by atoms with Gasteiger partial charge in [-0.3, -0.25) is 4.79 Å². The van der Waals surface area contributed by atoms with Gasteiger partial charge >= 0.3 is 12.0 Å². The quantitative estimate of drug-likeness (QED) is 0.678. The molecule has 2 amide bonds. The molecule has 0 saturated heterocycles. The van der Waals surface area contributed by atoms with Crippen molar-refractivity contribution in [2.24, 2.45) is 5.92 Å². The molecular weight excluding hydrogens is 196 g/mol. The molecule has 0 aliphatic heterocycles. The van der Waals surface area contributed by atoms with Crippen molar-refractivity contribution in [3.05, 3.63) is 0 Å². The highest BCUT2D eigenvalue weighted by Crippen LogP contribution is 2.26. The maximum atomic E-state index is 11.5. The van der Waals surface area contributed by atoms with Crippen LogP contribution in [0.4, 0.5) is 4.79 Å². The van der Waals surface area contributed by atoms with Crippen LogP contribution in [0.15, 0.2) is 0 Å². The Hall–Kier alpha value is -1.26. The summed E-state index contributed by atoms with van der Waals surface area (Å²) in [5.41, 5.74) is 0. The van der Waals surface area contributed by atoms with Gasteiger partial charge in [0.15, 0.2) is 0 Å². The van der Waals surface area contributed by atoms with Gasteiger partial charge in [0.2, 0.25) is 0 Å². The minimum Gasteiger partial charge on any atom is -0.466 e. The summed E-state index contributed by atoms with van der Waals surface area (Å²) in [6.07, 6.45) is 2.60. The normalized spacial score (nSPS) is 24.7. The standard InChI is InChI=1S/C10H18N2O3/c1-3-15-9(13)7-5-4-6-8(7)12-10(14)11-2/h7-8H,3-6H2,1-2H3,(H2,11,12,14)/t7-,8+/m1/s1. The van der Waals surface area contributed by atoms with E-state index >= 15 is 0 Å². The largest absolute Gasteiger partial charge is 0.466 e. The lowest BCUT2D eigenvalue weighted by Crippen LogP contribution is -2.44. The van der Waals surface area contributed by atoms with E-state index in [2.05, 4.69) is 10.6 Å². The minimum absolute atomic E-state index is 0.0796. The summed E-state index contributed by atoms with van der Waals surface area (Å²) in [7, 11) is 1.56. The Bertz CT molecular complexity index is 243. The van der Waals surface area contributed by atoms with Gasteiger partial charge in [-0.25, -0.2) is 4.79 Å². The van der Waals surface area contributed by atoms with Crippen LogP contribution in [0.3, 0.4) is 0 Å². The number of amides is 2. The van der Waals surface area contributed by atoms with Crippen LogP contribution in [-0.4, -0.2) is 31.7 Å². The Morgan fingerprint density at radius 1 is 1.40 bits per heavy atom. The highest BCUT2D eigenvalue weighted by atomic mass is 16.5. The number of rotatable bonds is 3. The summed E-state index contributed by atoms with van der Waals surface area (Å²) in [5, 5.41) is 5.25. The van der Waals surface area contributed by atoms with Crippen LogP contribution >= 0.6 is 0 Å². The maximum absolute atomic E-state index is 11.5. The molecule has 5 heteroatoms. The second-order valence-electron chi connectivity index (χ2n) is 3.62. The summed E-state index contributed by atoms with van der Waals surface area (Å²) in [6, 6.07) is -0.319. The van der Waals surface area contributed by atoms with Crippen LogP contribution in [0, 0.1) is 5.92 Å². The fourth-order valence-corrected chi connectivity index (χ4v) is 1.90. The lowest BCUT2D eigenvalue weighted by Gasteiger charge is -2.19. The molecule has 0 aromatic carbocycles. The second kappa shape index (κ2) is 5.58. The van der Waals surface area contributed by atoms with E-state index in [-0.39, 0.29) is 24.0 Å². The first kappa shape index (κ1) is 11.8. The number of hydrogen-bond acceptors (Lipinski definition) is 3. The molecule has 1 aliphatic rings. The number of nitrogens with one attached hydrogen (secondary N) is 2. The molecule has 2 N–H and O–H groups in total. The lowest BCUT2D eigenvalue weighted by atomic mass is 10.0. The average Bonchev–Trinajstić information content (AvgIpc) is 2.66. The van der Waals surface area contributed by atoms with Crippen LogP contribution in [0.1, 0.15) is 26.2 Å². The highest BCUT2D eigenvalue weighted by molar-refractivity contribution is 5.77. The van der Waals surface area contributed by atoms with E-state index in [4.69, 9.17) is 4.74 Å². The Labute approximate surface area is 89.6 Å². The predicted molar refractivity (Wildman–Crippen MR) is 55.4 cm³/mol. The second-order valence-corrected chi connectivity index (χ2v) is 3.62. The van der Waals surface area contributed by atoms with Crippen molar-refractivity contribution in [1.29, 1.82) is 0 Å². The molecule has 0 bridgehead atoms. The zero-order valence-corrected chi connectivity index (χ0v) is 9.21. The molecule has 1 rings (SSSR count). The fraction of sp³-hybridized carbons (Fsp3) is 0.800. The third kappa shape index (κ3) is 3.11.